The fourth-order valence-corrected chi connectivity index (χ4v) is 6.65. The number of alkyl halides is 1. The molecule has 2 aromatic carbocycles. The molecule has 4 atom stereocenters. The van der Waals surface area contributed by atoms with Crippen molar-refractivity contribution < 1.29 is 24.4 Å². The van der Waals surface area contributed by atoms with Crippen molar-refractivity contribution in [2.45, 2.75) is 69.4 Å². The molecule has 0 aliphatic heterocycles. The number of ether oxygens (including phenoxy) is 1. The molecular formula is C36H40ClFN4O4. The first-order chi connectivity index (χ1) is 22.3. The van der Waals surface area contributed by atoms with Crippen molar-refractivity contribution in [3.63, 3.8) is 0 Å². The lowest BCUT2D eigenvalue weighted by Crippen LogP contribution is -2.32. The summed E-state index contributed by atoms with van der Waals surface area (Å²) in [5, 5.41) is 35.5. The van der Waals surface area contributed by atoms with Gasteiger partial charge in [-0.15, -0.1) is 0 Å². The number of halogens is 2. The van der Waals surface area contributed by atoms with Crippen LogP contribution in [0.25, 0.3) is 22.0 Å². The fraction of sp³-hybridized carbons (Fsp3) is 0.389. The number of benzene rings is 2. The number of nitrogens with zero attached hydrogens (tertiary/aromatic N) is 3. The average molecular weight is 647 g/mol. The Hall–Kier alpha value is -3.76. The van der Waals surface area contributed by atoms with Gasteiger partial charge in [0, 0.05) is 36.4 Å². The lowest BCUT2D eigenvalue weighted by atomic mass is 9.92. The van der Waals surface area contributed by atoms with Crippen molar-refractivity contribution in [3.05, 3.63) is 90.0 Å². The summed E-state index contributed by atoms with van der Waals surface area (Å²) in [7, 11) is 0. The van der Waals surface area contributed by atoms with Gasteiger partial charge in [0.25, 0.3) is 0 Å². The van der Waals surface area contributed by atoms with Gasteiger partial charge in [-0.05, 0) is 90.8 Å². The standard InChI is InChI=1S/C36H40ClFN4O4/c37-32-18-29(7-9-34(32)46-21-25-3-1-5-28(38)15-25)41-35-31-17-26(6-8-33(31)39-23-40-35)27-11-14-42(19-27)20-30(44)16-24-4-2-12-36(45,22-43)13-10-24/h1,3,6-9,11,14-15,17-19,23-24,28,30,43-45H,2,4-5,10,12-13,16,20-22H2,(H,39,40,41). The molecule has 46 heavy (non-hydrogen) atoms. The monoisotopic (exact) mass is 646 g/mol. The predicted octanol–water partition coefficient (Wildman–Crippen LogP) is 7.15. The summed E-state index contributed by atoms with van der Waals surface area (Å²) in [6.45, 7) is 0.515. The van der Waals surface area contributed by atoms with E-state index in [2.05, 4.69) is 15.3 Å². The van der Waals surface area contributed by atoms with Gasteiger partial charge >= 0.3 is 0 Å². The van der Waals surface area contributed by atoms with Gasteiger partial charge in [0.1, 0.15) is 30.7 Å². The molecule has 4 aromatic rings. The molecule has 8 nitrogen and oxygen atoms in total. The highest BCUT2D eigenvalue weighted by molar-refractivity contribution is 6.32. The van der Waals surface area contributed by atoms with Crippen molar-refractivity contribution in [3.8, 4) is 16.9 Å². The van der Waals surface area contributed by atoms with Crippen LogP contribution in [-0.2, 0) is 6.54 Å². The number of anilines is 2. The van der Waals surface area contributed by atoms with Crippen molar-refractivity contribution in [2.24, 2.45) is 5.92 Å². The van der Waals surface area contributed by atoms with Gasteiger partial charge < -0.3 is 29.9 Å². The van der Waals surface area contributed by atoms with Gasteiger partial charge in [-0.2, -0.15) is 0 Å². The molecular weight excluding hydrogens is 607 g/mol. The minimum atomic E-state index is -0.984. The molecule has 2 aliphatic rings. The summed E-state index contributed by atoms with van der Waals surface area (Å²) >= 11 is 6.53. The summed E-state index contributed by atoms with van der Waals surface area (Å²) < 4.78 is 21.5. The topological polar surface area (TPSA) is 113 Å². The summed E-state index contributed by atoms with van der Waals surface area (Å²) in [6.07, 6.45) is 14.1. The van der Waals surface area contributed by atoms with E-state index in [4.69, 9.17) is 16.3 Å². The van der Waals surface area contributed by atoms with Crippen LogP contribution in [0.1, 0.15) is 44.9 Å². The smallest absolute Gasteiger partial charge is 0.141 e. The molecule has 6 rings (SSSR count). The minimum absolute atomic E-state index is 0.203. The largest absolute Gasteiger partial charge is 0.487 e. The molecule has 0 amide bonds. The van der Waals surface area contributed by atoms with Crippen molar-refractivity contribution >= 4 is 34.0 Å². The maximum Gasteiger partial charge on any atom is 0.141 e. The third-order valence-electron chi connectivity index (χ3n) is 8.99. The summed E-state index contributed by atoms with van der Waals surface area (Å²) in [5.41, 5.74) is 3.33. The quantitative estimate of drug-likeness (QED) is 0.128. The second-order valence-electron chi connectivity index (χ2n) is 12.6. The number of allylic oxidation sites excluding steroid dienone is 2. The average Bonchev–Trinajstić information content (AvgIpc) is 3.43. The number of rotatable bonds is 11. The zero-order valence-electron chi connectivity index (χ0n) is 25.7. The normalized spacial score (nSPS) is 22.3. The van der Waals surface area contributed by atoms with E-state index < -0.39 is 17.9 Å². The molecule has 4 N–H and O–H groups in total. The molecule has 2 aromatic heterocycles. The number of hydrogen-bond acceptors (Lipinski definition) is 7. The van der Waals surface area contributed by atoms with Crippen LogP contribution in [0, 0.1) is 5.92 Å². The van der Waals surface area contributed by atoms with Gasteiger partial charge in [-0.3, -0.25) is 0 Å². The molecule has 2 aliphatic carbocycles. The first kappa shape index (κ1) is 32.2. The number of fused-ring (bicyclic) bond motifs is 1. The third kappa shape index (κ3) is 7.96. The third-order valence-corrected chi connectivity index (χ3v) is 9.29. The highest BCUT2D eigenvalue weighted by atomic mass is 35.5. The Morgan fingerprint density at radius 1 is 1.11 bits per heavy atom. The van der Waals surface area contributed by atoms with Crippen molar-refractivity contribution in [1.82, 2.24) is 14.5 Å². The zero-order valence-corrected chi connectivity index (χ0v) is 26.4. The Labute approximate surface area is 273 Å². The maximum absolute atomic E-state index is 13.6. The molecule has 4 unspecified atom stereocenters. The van der Waals surface area contributed by atoms with Crippen LogP contribution >= 0.6 is 11.6 Å². The van der Waals surface area contributed by atoms with E-state index >= 15 is 0 Å². The van der Waals surface area contributed by atoms with Crippen LogP contribution in [0.3, 0.4) is 0 Å². The Morgan fingerprint density at radius 3 is 2.83 bits per heavy atom. The highest BCUT2D eigenvalue weighted by Gasteiger charge is 2.30. The van der Waals surface area contributed by atoms with E-state index in [0.717, 1.165) is 52.6 Å². The van der Waals surface area contributed by atoms with Gasteiger partial charge in [0.15, 0.2) is 0 Å². The van der Waals surface area contributed by atoms with E-state index in [0.29, 0.717) is 54.7 Å². The fourth-order valence-electron chi connectivity index (χ4n) is 6.41. The number of aliphatic hydroxyl groups excluding tert-OH is 2. The highest BCUT2D eigenvalue weighted by Crippen LogP contribution is 2.34. The van der Waals surface area contributed by atoms with Gasteiger partial charge in [-0.25, -0.2) is 14.4 Å². The van der Waals surface area contributed by atoms with Gasteiger partial charge in [0.2, 0.25) is 0 Å². The number of aliphatic hydroxyl groups is 3. The molecule has 0 spiro atoms. The number of nitrogens with one attached hydrogen (secondary N) is 1. The van der Waals surface area contributed by atoms with E-state index in [1.807, 2.05) is 53.4 Å². The molecule has 10 heteroatoms. The number of hydrogen-bond donors (Lipinski definition) is 4. The Morgan fingerprint density at radius 2 is 2.00 bits per heavy atom. The molecule has 242 valence electrons. The van der Waals surface area contributed by atoms with Crippen LogP contribution in [0.15, 0.2) is 85.0 Å². The Bertz CT molecular complexity index is 1730. The van der Waals surface area contributed by atoms with E-state index in [1.165, 1.54) is 6.33 Å². The second-order valence-corrected chi connectivity index (χ2v) is 13.0. The van der Waals surface area contributed by atoms with Gasteiger partial charge in [0.05, 0.1) is 28.9 Å². The summed E-state index contributed by atoms with van der Waals surface area (Å²) in [5.74, 6) is 1.47. The zero-order chi connectivity index (χ0) is 32.1. The van der Waals surface area contributed by atoms with Gasteiger partial charge in [-0.1, -0.05) is 42.7 Å². The first-order valence-corrected chi connectivity index (χ1v) is 16.3. The first-order valence-electron chi connectivity index (χ1n) is 15.9. The molecule has 1 saturated carbocycles. The Kier molecular flexibility index (Phi) is 10.0. The van der Waals surface area contributed by atoms with Crippen LogP contribution in [0.2, 0.25) is 5.02 Å². The van der Waals surface area contributed by atoms with E-state index in [-0.39, 0.29) is 13.2 Å². The lowest BCUT2D eigenvalue weighted by Gasteiger charge is -2.24. The van der Waals surface area contributed by atoms with Crippen molar-refractivity contribution in [2.75, 3.05) is 18.5 Å². The maximum atomic E-state index is 13.6. The van der Waals surface area contributed by atoms with Crippen LogP contribution in [-0.4, -0.2) is 60.9 Å². The number of aromatic nitrogens is 3. The van der Waals surface area contributed by atoms with Crippen LogP contribution in [0.4, 0.5) is 15.9 Å². The van der Waals surface area contributed by atoms with Crippen LogP contribution < -0.4 is 10.1 Å². The molecule has 0 saturated heterocycles. The summed E-state index contributed by atoms with van der Waals surface area (Å²) in [4.78, 5) is 8.94. The second kappa shape index (κ2) is 14.3. The molecule has 0 bridgehead atoms. The van der Waals surface area contributed by atoms with E-state index in [9.17, 15) is 19.7 Å². The van der Waals surface area contributed by atoms with Crippen molar-refractivity contribution in [1.29, 1.82) is 0 Å². The molecule has 2 heterocycles. The lowest BCUT2D eigenvalue weighted by molar-refractivity contribution is -0.0272. The minimum Gasteiger partial charge on any atom is -0.487 e. The Balaban J connectivity index is 1.11. The predicted molar refractivity (Wildman–Crippen MR) is 179 cm³/mol. The summed E-state index contributed by atoms with van der Waals surface area (Å²) in [6, 6.07) is 13.5. The molecule has 1 fully saturated rings. The molecule has 0 radical (unpaired) electrons. The van der Waals surface area contributed by atoms with E-state index in [1.54, 1.807) is 24.3 Å². The van der Waals surface area contributed by atoms with Crippen LogP contribution in [0.5, 0.6) is 5.75 Å². The SMILES string of the molecule is OCC1(O)CCCC(CC(O)Cn2ccc(-c3ccc4ncnc(Nc5ccc(OCC6=CC(F)CC=C6)c(Cl)c5)c4c3)c2)CC1.